The summed E-state index contributed by atoms with van der Waals surface area (Å²) in [5.41, 5.74) is -1.19. The Morgan fingerprint density at radius 1 is 1.31 bits per heavy atom. The lowest BCUT2D eigenvalue weighted by molar-refractivity contribution is -0.0897. The third-order valence-corrected chi connectivity index (χ3v) is 7.37. The molecule has 0 bridgehead atoms. The minimum Gasteiger partial charge on any atom is -0.373 e. The van der Waals surface area contributed by atoms with Gasteiger partial charge in [-0.25, -0.2) is 9.46 Å². The van der Waals surface area contributed by atoms with Crippen LogP contribution < -0.4 is 11.2 Å². The highest BCUT2D eigenvalue weighted by Gasteiger charge is 2.26. The Labute approximate surface area is 214 Å². The highest BCUT2D eigenvalue weighted by Crippen LogP contribution is 2.45. The highest BCUT2D eigenvalue weighted by molar-refractivity contribution is 7.65. The van der Waals surface area contributed by atoms with Crippen molar-refractivity contribution in [3.8, 4) is 6.07 Å². The Morgan fingerprint density at radius 3 is 2.58 bits per heavy atom. The van der Waals surface area contributed by atoms with Crippen molar-refractivity contribution in [2.45, 2.75) is 45.6 Å². The van der Waals surface area contributed by atoms with E-state index in [1.165, 1.54) is 16.8 Å². The Bertz CT molecular complexity index is 1030. The van der Waals surface area contributed by atoms with Gasteiger partial charge in [-0.05, 0) is 33.0 Å². The fourth-order valence-electron chi connectivity index (χ4n) is 2.90. The molecule has 0 spiro atoms. The molecule has 1 N–H and O–H groups in total. The summed E-state index contributed by atoms with van der Waals surface area (Å²) in [6.07, 6.45) is 3.10. The molecule has 0 aliphatic carbocycles. The molecule has 0 amide bonds. The van der Waals surface area contributed by atoms with E-state index in [0.717, 1.165) is 0 Å². The van der Waals surface area contributed by atoms with Crippen molar-refractivity contribution < 1.29 is 23.1 Å². The molecule has 1 rings (SSSR count). The molecular formula is C23H38N4O7P2. The van der Waals surface area contributed by atoms with Crippen molar-refractivity contribution in [2.24, 2.45) is 0 Å². The summed E-state index contributed by atoms with van der Waals surface area (Å²) in [5, 5.41) is 8.88. The van der Waals surface area contributed by atoms with Crippen molar-refractivity contribution >= 4 is 15.7 Å². The number of nitriles is 1. The minimum absolute atomic E-state index is 0.0151. The smallest absolute Gasteiger partial charge is 0.330 e. The average Bonchev–Trinajstić information content (AvgIpc) is 2.79. The van der Waals surface area contributed by atoms with Crippen molar-refractivity contribution in [1.29, 1.82) is 5.26 Å². The largest absolute Gasteiger partial charge is 0.373 e. The highest BCUT2D eigenvalue weighted by atomic mass is 31.2. The Kier molecular flexibility index (Phi) is 15.0. The van der Waals surface area contributed by atoms with Crippen LogP contribution in [0.15, 0.2) is 46.4 Å². The number of ether oxygens (including phenoxy) is 2. The van der Waals surface area contributed by atoms with Crippen LogP contribution in [0.3, 0.4) is 0 Å². The second kappa shape index (κ2) is 16.8. The van der Waals surface area contributed by atoms with Crippen molar-refractivity contribution in [3.63, 3.8) is 0 Å². The van der Waals surface area contributed by atoms with Gasteiger partial charge >= 0.3 is 5.69 Å². The normalized spacial score (nSPS) is 14.7. The summed E-state index contributed by atoms with van der Waals surface area (Å²) in [4.78, 5) is 26.2. The Morgan fingerprint density at radius 2 is 2.03 bits per heavy atom. The molecule has 0 saturated heterocycles. The topological polar surface area (TPSA) is 136 Å². The van der Waals surface area contributed by atoms with E-state index in [4.69, 9.17) is 23.8 Å². The maximum Gasteiger partial charge on any atom is 0.330 e. The summed E-state index contributed by atoms with van der Waals surface area (Å²) >= 11 is 0. The number of rotatable bonds is 18. The van der Waals surface area contributed by atoms with Crippen LogP contribution in [0.5, 0.6) is 0 Å². The van der Waals surface area contributed by atoms with Crippen LogP contribution in [0.4, 0.5) is 0 Å². The standard InChI is InChI=1S/C23H38N4O7P2/c1-7-14-31-18-22(26-13-10-21(28)25-23(26)29)34-20(11-16-36(5,6)30)17-33-35(32-15-9-12-24)27(8-2)19(3)4/h7,10-11,13,16,19-20,22H,1,8-9,14-15,17-18H2,2-6H3,(H,25,28,29)/b16-11+. The molecule has 1 aromatic rings. The first kappa shape index (κ1) is 32.1. The third-order valence-electron chi connectivity index (χ3n) is 4.54. The Balaban J connectivity index is 3.22. The van der Waals surface area contributed by atoms with Gasteiger partial charge in [0.15, 0.2) is 6.23 Å². The van der Waals surface area contributed by atoms with Gasteiger partial charge in [-0.15, -0.1) is 6.58 Å². The zero-order valence-corrected chi connectivity index (χ0v) is 23.5. The number of H-pyrrole nitrogens is 1. The number of aromatic amines is 1. The maximum absolute atomic E-state index is 12.4. The molecular weight excluding hydrogens is 506 g/mol. The molecule has 3 unspecified atom stereocenters. The van der Waals surface area contributed by atoms with Crippen LogP contribution in [-0.2, 0) is 23.1 Å². The lowest BCUT2D eigenvalue weighted by Gasteiger charge is -2.32. The molecule has 0 aliphatic rings. The number of nitrogens with one attached hydrogen (secondary N) is 1. The average molecular weight is 545 g/mol. The van der Waals surface area contributed by atoms with Gasteiger partial charge in [-0.2, -0.15) is 5.26 Å². The summed E-state index contributed by atoms with van der Waals surface area (Å²) < 4.78 is 39.3. The molecule has 11 nitrogen and oxygen atoms in total. The molecule has 3 atom stereocenters. The molecule has 0 fully saturated rings. The molecule has 1 heterocycles. The van der Waals surface area contributed by atoms with Gasteiger partial charge in [0.05, 0.1) is 38.9 Å². The first-order valence-electron chi connectivity index (χ1n) is 11.6. The fraction of sp³-hybridized carbons (Fsp3) is 0.609. The summed E-state index contributed by atoms with van der Waals surface area (Å²) in [6.45, 7) is 14.0. The lowest BCUT2D eigenvalue weighted by atomic mass is 10.3. The van der Waals surface area contributed by atoms with Gasteiger partial charge < -0.3 is 23.1 Å². The zero-order valence-electron chi connectivity index (χ0n) is 21.7. The molecule has 0 radical (unpaired) electrons. The number of hydrogen-bond donors (Lipinski definition) is 1. The van der Waals surface area contributed by atoms with E-state index in [1.54, 1.807) is 31.3 Å². The second-order valence-corrected chi connectivity index (χ2v) is 13.0. The van der Waals surface area contributed by atoms with E-state index < -0.39 is 39.2 Å². The van der Waals surface area contributed by atoms with E-state index in [0.29, 0.717) is 6.54 Å². The van der Waals surface area contributed by atoms with Gasteiger partial charge in [0.2, 0.25) is 0 Å². The van der Waals surface area contributed by atoms with Gasteiger partial charge in [0.1, 0.15) is 13.2 Å². The fourth-order valence-corrected chi connectivity index (χ4v) is 5.01. The van der Waals surface area contributed by atoms with Crippen LogP contribution >= 0.6 is 15.7 Å². The van der Waals surface area contributed by atoms with Gasteiger partial charge in [0, 0.05) is 24.8 Å². The van der Waals surface area contributed by atoms with Crippen LogP contribution in [0.2, 0.25) is 0 Å². The van der Waals surface area contributed by atoms with E-state index in [-0.39, 0.29) is 38.9 Å². The summed E-state index contributed by atoms with van der Waals surface area (Å²) in [5.74, 6) is 1.57. The van der Waals surface area contributed by atoms with Crippen LogP contribution in [0.1, 0.15) is 33.4 Å². The van der Waals surface area contributed by atoms with Crippen LogP contribution in [0.25, 0.3) is 0 Å². The van der Waals surface area contributed by atoms with Crippen molar-refractivity contribution in [2.75, 3.05) is 46.3 Å². The van der Waals surface area contributed by atoms with Gasteiger partial charge in [-0.1, -0.05) is 19.1 Å². The summed E-state index contributed by atoms with van der Waals surface area (Å²) in [6, 6.07) is 3.40. The monoisotopic (exact) mass is 544 g/mol. The maximum atomic E-state index is 12.4. The second-order valence-electron chi connectivity index (χ2n) is 8.37. The van der Waals surface area contributed by atoms with Gasteiger partial charge in [0.25, 0.3) is 14.1 Å². The van der Waals surface area contributed by atoms with Crippen LogP contribution in [0, 0.1) is 11.3 Å². The third kappa shape index (κ3) is 12.4. The van der Waals surface area contributed by atoms with E-state index >= 15 is 0 Å². The molecule has 36 heavy (non-hydrogen) atoms. The predicted octanol–water partition coefficient (Wildman–Crippen LogP) is 3.66. The van der Waals surface area contributed by atoms with E-state index in [1.807, 2.05) is 25.4 Å². The molecule has 0 saturated carbocycles. The predicted molar refractivity (Wildman–Crippen MR) is 141 cm³/mol. The molecule has 0 aromatic carbocycles. The first-order valence-corrected chi connectivity index (χ1v) is 15.4. The number of hydrogen-bond acceptors (Lipinski definition) is 9. The summed E-state index contributed by atoms with van der Waals surface area (Å²) in [7, 11) is -4.05. The quantitative estimate of drug-likeness (QED) is 0.167. The Hall–Kier alpha value is -1.89. The van der Waals surface area contributed by atoms with Crippen LogP contribution in [-0.4, -0.2) is 72.7 Å². The van der Waals surface area contributed by atoms with Gasteiger partial charge in [-0.3, -0.25) is 14.3 Å². The van der Waals surface area contributed by atoms with E-state index in [9.17, 15) is 14.2 Å². The number of nitrogens with zero attached hydrogens (tertiary/aromatic N) is 3. The number of aromatic nitrogens is 2. The van der Waals surface area contributed by atoms with E-state index in [2.05, 4.69) is 17.6 Å². The molecule has 13 heteroatoms. The first-order chi connectivity index (χ1) is 17.0. The lowest BCUT2D eigenvalue weighted by Crippen LogP contribution is -2.37. The van der Waals surface area contributed by atoms with Crippen molar-refractivity contribution in [3.05, 3.63) is 57.6 Å². The zero-order chi connectivity index (χ0) is 27.1. The molecule has 1 aromatic heterocycles. The minimum atomic E-state index is -2.54. The SMILES string of the molecule is C=CCOCC(OC(/C=C/P(C)(C)=O)COP(OCCC#N)N(CC)C(C)C)n1ccc(=O)[nH]c1=O. The van der Waals surface area contributed by atoms with Crippen molar-refractivity contribution in [1.82, 2.24) is 14.2 Å². The molecule has 202 valence electrons. The molecule has 0 aliphatic heterocycles.